The molecule has 0 bridgehead atoms. The number of rotatable bonds is 10. The average molecular weight is 432 g/mol. The van der Waals surface area contributed by atoms with Crippen LogP contribution in [-0.2, 0) is 20.8 Å². The highest BCUT2D eigenvalue weighted by atomic mass is 16.5. The Morgan fingerprint density at radius 2 is 1.94 bits per heavy atom. The number of hydrogen-bond acceptors (Lipinski definition) is 6. The maximum absolute atomic E-state index is 12.4. The Hall–Kier alpha value is -3.36. The maximum Gasteiger partial charge on any atom is 0.339 e. The number of carbonyl (C=O) groups excluding carboxylic acids is 2. The molecule has 2 atom stereocenters. The number of methoxy groups -OCH3 is 1. The minimum absolute atomic E-state index is 0.0196. The monoisotopic (exact) mass is 432 g/mol. The molecule has 0 radical (unpaired) electrons. The van der Waals surface area contributed by atoms with Gasteiger partial charge in [-0.1, -0.05) is 20.3 Å². The molecule has 1 heterocycles. The van der Waals surface area contributed by atoms with E-state index in [4.69, 9.17) is 9.15 Å². The lowest BCUT2D eigenvalue weighted by Gasteiger charge is -2.20. The minimum Gasteiger partial charge on any atom is -0.497 e. The largest absolute Gasteiger partial charge is 0.497 e. The second-order valence-corrected chi connectivity index (χ2v) is 7.40. The van der Waals surface area contributed by atoms with Crippen LogP contribution in [0.4, 0.5) is 0 Å². The van der Waals surface area contributed by atoms with Gasteiger partial charge in [0, 0.05) is 23.4 Å². The Morgan fingerprint density at radius 3 is 2.55 bits per heavy atom. The lowest BCUT2D eigenvalue weighted by molar-refractivity contribution is -0.143. The zero-order valence-electron chi connectivity index (χ0n) is 18.1. The molecule has 0 unspecified atom stereocenters. The number of carbonyl (C=O) groups is 3. The number of amides is 2. The fraction of sp³-hybridized carbons (Fsp3) is 0.455. The normalized spacial score (nSPS) is 12.8. The van der Waals surface area contributed by atoms with E-state index in [0.717, 1.165) is 10.9 Å². The first-order valence-electron chi connectivity index (χ1n) is 10.1. The number of ether oxygens (including phenoxy) is 1. The number of hydrogen-bond donors (Lipinski definition) is 3. The number of fused-ring (bicyclic) bond motifs is 1. The van der Waals surface area contributed by atoms with Crippen molar-refractivity contribution in [1.82, 2.24) is 10.6 Å². The molecule has 0 spiro atoms. The van der Waals surface area contributed by atoms with Gasteiger partial charge in [0.25, 0.3) is 0 Å². The van der Waals surface area contributed by atoms with Crippen molar-refractivity contribution in [3.63, 3.8) is 0 Å². The third-order valence-corrected chi connectivity index (χ3v) is 5.34. The Balaban J connectivity index is 1.97. The number of carboxylic acids is 1. The van der Waals surface area contributed by atoms with Crippen LogP contribution < -0.4 is 21.0 Å². The molecule has 3 N–H and O–H groups in total. The van der Waals surface area contributed by atoms with E-state index in [2.05, 4.69) is 10.6 Å². The van der Waals surface area contributed by atoms with Crippen molar-refractivity contribution in [1.29, 1.82) is 0 Å². The second-order valence-electron chi connectivity index (χ2n) is 7.40. The summed E-state index contributed by atoms with van der Waals surface area (Å²) in [5, 5.41) is 14.8. The fourth-order valence-corrected chi connectivity index (χ4v) is 3.20. The van der Waals surface area contributed by atoms with Gasteiger partial charge >= 0.3 is 11.6 Å². The van der Waals surface area contributed by atoms with Crippen LogP contribution in [0.1, 0.15) is 37.8 Å². The Morgan fingerprint density at radius 1 is 1.23 bits per heavy atom. The summed E-state index contributed by atoms with van der Waals surface area (Å²) in [5.74, 6) is -1.81. The summed E-state index contributed by atoms with van der Waals surface area (Å²) in [5.41, 5.74) is 0.986. The van der Waals surface area contributed by atoms with E-state index >= 15 is 0 Å². The van der Waals surface area contributed by atoms with Gasteiger partial charge in [0.2, 0.25) is 11.8 Å². The number of benzene rings is 1. The van der Waals surface area contributed by atoms with Crippen LogP contribution in [0, 0.1) is 12.8 Å². The van der Waals surface area contributed by atoms with Gasteiger partial charge in [0.1, 0.15) is 17.4 Å². The summed E-state index contributed by atoms with van der Waals surface area (Å²) in [6.45, 7) is 5.00. The summed E-state index contributed by atoms with van der Waals surface area (Å²) in [6, 6.07) is 4.16. The lowest BCUT2D eigenvalue weighted by Crippen LogP contribution is -2.48. The van der Waals surface area contributed by atoms with E-state index in [1.54, 1.807) is 32.0 Å². The van der Waals surface area contributed by atoms with E-state index < -0.39 is 29.5 Å². The highest BCUT2D eigenvalue weighted by molar-refractivity contribution is 5.88. The van der Waals surface area contributed by atoms with E-state index in [0.29, 0.717) is 23.3 Å². The molecule has 0 saturated carbocycles. The summed E-state index contributed by atoms with van der Waals surface area (Å²) < 4.78 is 10.5. The van der Waals surface area contributed by atoms with Crippen molar-refractivity contribution in [3.8, 4) is 5.75 Å². The number of carboxylic acid groups (broad SMARTS) is 1. The van der Waals surface area contributed by atoms with Gasteiger partial charge in [-0.25, -0.2) is 9.59 Å². The highest BCUT2D eigenvalue weighted by Crippen LogP contribution is 2.24. The number of aliphatic carboxylic acids is 1. The Kier molecular flexibility index (Phi) is 8.18. The molecule has 2 aromatic rings. The molecule has 168 valence electrons. The molecule has 2 rings (SSSR count). The van der Waals surface area contributed by atoms with Gasteiger partial charge in [0.15, 0.2) is 0 Å². The molecule has 0 aliphatic rings. The third-order valence-electron chi connectivity index (χ3n) is 5.34. The van der Waals surface area contributed by atoms with Crippen LogP contribution >= 0.6 is 0 Å². The smallest absolute Gasteiger partial charge is 0.339 e. The summed E-state index contributed by atoms with van der Waals surface area (Å²) >= 11 is 0. The van der Waals surface area contributed by atoms with Gasteiger partial charge < -0.3 is 24.9 Å². The first-order valence-corrected chi connectivity index (χ1v) is 10.1. The molecule has 9 nitrogen and oxygen atoms in total. The molecule has 0 fully saturated rings. The molecular weight excluding hydrogens is 404 g/mol. The minimum atomic E-state index is -1.12. The fourth-order valence-electron chi connectivity index (χ4n) is 3.20. The summed E-state index contributed by atoms with van der Waals surface area (Å²) in [7, 11) is 1.52. The highest BCUT2D eigenvalue weighted by Gasteiger charge is 2.25. The van der Waals surface area contributed by atoms with Crippen molar-refractivity contribution in [2.75, 3.05) is 13.7 Å². The van der Waals surface area contributed by atoms with E-state index in [1.165, 1.54) is 7.11 Å². The predicted octanol–water partition coefficient (Wildman–Crippen LogP) is 1.77. The van der Waals surface area contributed by atoms with Crippen molar-refractivity contribution in [2.45, 2.75) is 46.1 Å². The quantitative estimate of drug-likeness (QED) is 0.487. The van der Waals surface area contributed by atoms with E-state index in [-0.39, 0.29) is 25.3 Å². The maximum atomic E-state index is 12.4. The molecule has 0 aliphatic heterocycles. The predicted molar refractivity (Wildman–Crippen MR) is 114 cm³/mol. The van der Waals surface area contributed by atoms with E-state index in [9.17, 15) is 24.3 Å². The molecule has 0 aliphatic carbocycles. The standard InChI is InChI=1S/C22H28N2O7/c1-5-12(2)20(21(27)28)24-19(26)11-23-18(25)9-8-16-13(3)15-7-6-14(30-4)10-17(15)31-22(16)29/h6-7,10,12,20H,5,8-9,11H2,1-4H3,(H,23,25)(H,24,26)(H,27,28)/t12-,20+/m1/s1. The van der Waals surface area contributed by atoms with Crippen LogP contribution in [0.15, 0.2) is 27.4 Å². The molecule has 0 saturated heterocycles. The third kappa shape index (κ3) is 6.07. The van der Waals surface area contributed by atoms with Crippen molar-refractivity contribution in [2.24, 2.45) is 5.92 Å². The Labute approximate surface area is 179 Å². The van der Waals surface area contributed by atoms with Crippen LogP contribution in [0.25, 0.3) is 11.0 Å². The molecule has 2 amide bonds. The average Bonchev–Trinajstić information content (AvgIpc) is 2.74. The number of aryl methyl sites for hydroxylation is 1. The first-order chi connectivity index (χ1) is 14.7. The lowest BCUT2D eigenvalue weighted by atomic mass is 9.99. The Bertz CT molecular complexity index is 1030. The zero-order chi connectivity index (χ0) is 23.1. The molecular formula is C22H28N2O7. The van der Waals surface area contributed by atoms with Crippen LogP contribution in [0.2, 0.25) is 0 Å². The van der Waals surface area contributed by atoms with Gasteiger partial charge in [-0.3, -0.25) is 9.59 Å². The van der Waals surface area contributed by atoms with Gasteiger partial charge in [-0.05, 0) is 37.0 Å². The van der Waals surface area contributed by atoms with Crippen LogP contribution in [0.3, 0.4) is 0 Å². The van der Waals surface area contributed by atoms with Gasteiger partial charge in [0.05, 0.1) is 13.7 Å². The molecule has 9 heteroatoms. The van der Waals surface area contributed by atoms with Crippen molar-refractivity contribution in [3.05, 3.63) is 39.7 Å². The van der Waals surface area contributed by atoms with Crippen molar-refractivity contribution < 1.29 is 28.6 Å². The molecule has 31 heavy (non-hydrogen) atoms. The van der Waals surface area contributed by atoms with Crippen LogP contribution in [-0.4, -0.2) is 42.6 Å². The van der Waals surface area contributed by atoms with Crippen molar-refractivity contribution >= 4 is 28.8 Å². The summed E-state index contributed by atoms with van der Waals surface area (Å²) in [6.07, 6.45) is 0.715. The SMILES string of the molecule is CC[C@@H](C)[C@H](NC(=O)CNC(=O)CCc1c(C)c2ccc(OC)cc2oc1=O)C(=O)O. The van der Waals surface area contributed by atoms with Gasteiger partial charge in [-0.15, -0.1) is 0 Å². The van der Waals surface area contributed by atoms with Crippen LogP contribution in [0.5, 0.6) is 5.75 Å². The molecule has 1 aromatic heterocycles. The molecule has 1 aromatic carbocycles. The first kappa shape index (κ1) is 23.9. The summed E-state index contributed by atoms with van der Waals surface area (Å²) in [4.78, 5) is 47.8. The van der Waals surface area contributed by atoms with E-state index in [1.807, 2.05) is 6.92 Å². The zero-order valence-corrected chi connectivity index (χ0v) is 18.1. The topological polar surface area (TPSA) is 135 Å². The number of nitrogens with one attached hydrogen (secondary N) is 2. The second kappa shape index (κ2) is 10.6. The van der Waals surface area contributed by atoms with Gasteiger partial charge in [-0.2, -0.15) is 0 Å².